The molecule has 5 nitrogen and oxygen atoms in total. The maximum Gasteiger partial charge on any atom is 0.231 e. The number of hydrogen-bond donors (Lipinski definition) is 0. The number of ether oxygens (including phenoxy) is 1. The van der Waals surface area contributed by atoms with Gasteiger partial charge in [0, 0.05) is 4.47 Å². The summed E-state index contributed by atoms with van der Waals surface area (Å²) in [6.07, 6.45) is 0.408. The smallest absolute Gasteiger partial charge is 0.231 e. The lowest BCUT2D eigenvalue weighted by Crippen LogP contribution is -2.51. The van der Waals surface area contributed by atoms with Crippen LogP contribution in [0.5, 0.6) is 5.75 Å². The second-order valence-corrected chi connectivity index (χ2v) is 9.64. The zero-order valence-corrected chi connectivity index (χ0v) is 14.9. The van der Waals surface area contributed by atoms with Crippen LogP contribution in [0.1, 0.15) is 20.3 Å². The Kier molecular flexibility index (Phi) is 3.76. The molecule has 1 unspecified atom stereocenters. The predicted octanol–water partition coefficient (Wildman–Crippen LogP) is 2.39. The van der Waals surface area contributed by atoms with Crippen LogP contribution in [0.2, 0.25) is 0 Å². The third kappa shape index (κ3) is 3.01. The van der Waals surface area contributed by atoms with Gasteiger partial charge < -0.3 is 9.64 Å². The average molecular weight is 388 g/mol. The summed E-state index contributed by atoms with van der Waals surface area (Å²) in [5, 5.41) is 0. The van der Waals surface area contributed by atoms with E-state index in [1.165, 1.54) is 0 Å². The number of benzene rings is 1. The Morgan fingerprint density at radius 2 is 2.14 bits per heavy atom. The molecular formula is C15H18BrNO4S. The van der Waals surface area contributed by atoms with E-state index in [2.05, 4.69) is 15.9 Å². The molecule has 0 saturated carbocycles. The summed E-state index contributed by atoms with van der Waals surface area (Å²) in [6.45, 7) is 4.25. The highest BCUT2D eigenvalue weighted by Crippen LogP contribution is 2.40. The maximum absolute atomic E-state index is 12.8. The van der Waals surface area contributed by atoms with E-state index in [0.717, 1.165) is 4.47 Å². The van der Waals surface area contributed by atoms with Crippen molar-refractivity contribution in [2.45, 2.75) is 25.9 Å². The zero-order valence-electron chi connectivity index (χ0n) is 12.5. The number of hydrogen-bond acceptors (Lipinski definition) is 4. The molecule has 0 N–H and O–H groups in total. The van der Waals surface area contributed by atoms with Crippen molar-refractivity contribution in [3.05, 3.63) is 22.7 Å². The third-order valence-corrected chi connectivity index (χ3v) is 6.25. The van der Waals surface area contributed by atoms with E-state index in [1.807, 2.05) is 32.0 Å². The van der Waals surface area contributed by atoms with Crippen LogP contribution in [0.15, 0.2) is 22.7 Å². The van der Waals surface area contributed by atoms with E-state index < -0.39 is 21.4 Å². The molecule has 22 heavy (non-hydrogen) atoms. The van der Waals surface area contributed by atoms with Crippen molar-refractivity contribution >= 4 is 37.4 Å². The molecule has 0 spiro atoms. The molecule has 3 rings (SSSR count). The van der Waals surface area contributed by atoms with Crippen LogP contribution in [0, 0.1) is 5.92 Å². The average Bonchev–Trinajstić information content (AvgIpc) is 2.75. The number of rotatable bonds is 1. The summed E-state index contributed by atoms with van der Waals surface area (Å²) >= 11 is 3.40. The van der Waals surface area contributed by atoms with E-state index in [9.17, 15) is 13.2 Å². The lowest BCUT2D eigenvalue weighted by Gasteiger charge is -2.40. The van der Waals surface area contributed by atoms with Crippen molar-refractivity contribution < 1.29 is 17.9 Å². The van der Waals surface area contributed by atoms with Crippen molar-refractivity contribution in [2.75, 3.05) is 23.0 Å². The largest absolute Gasteiger partial charge is 0.484 e. The molecule has 2 heterocycles. The van der Waals surface area contributed by atoms with E-state index in [1.54, 1.807) is 4.90 Å². The monoisotopic (exact) mass is 387 g/mol. The molecule has 1 saturated heterocycles. The van der Waals surface area contributed by atoms with Gasteiger partial charge in [-0.05, 0) is 38.5 Å². The second kappa shape index (κ2) is 5.23. The number of amides is 1. The van der Waals surface area contributed by atoms with Gasteiger partial charge in [-0.25, -0.2) is 8.42 Å². The molecule has 0 bridgehead atoms. The summed E-state index contributed by atoms with van der Waals surface area (Å²) in [5.41, 5.74) is 0.192. The lowest BCUT2D eigenvalue weighted by molar-refractivity contribution is -0.122. The van der Waals surface area contributed by atoms with Crippen LogP contribution in [-0.2, 0) is 14.6 Å². The molecular weight excluding hydrogens is 370 g/mol. The molecule has 1 aromatic carbocycles. The molecule has 2 aliphatic rings. The molecule has 7 heteroatoms. The zero-order chi connectivity index (χ0) is 16.1. The van der Waals surface area contributed by atoms with Gasteiger partial charge >= 0.3 is 0 Å². The summed E-state index contributed by atoms with van der Waals surface area (Å²) in [5.74, 6) is 0.121. The van der Waals surface area contributed by atoms with Crippen LogP contribution >= 0.6 is 15.9 Å². The predicted molar refractivity (Wildman–Crippen MR) is 88.0 cm³/mol. The van der Waals surface area contributed by atoms with Gasteiger partial charge in [0.25, 0.3) is 0 Å². The minimum Gasteiger partial charge on any atom is -0.484 e. The molecule has 120 valence electrons. The quantitative estimate of drug-likeness (QED) is 0.741. The number of nitrogens with zero attached hydrogens (tertiary/aromatic N) is 1. The van der Waals surface area contributed by atoms with Crippen molar-refractivity contribution in [1.82, 2.24) is 0 Å². The highest BCUT2D eigenvalue weighted by Gasteiger charge is 2.41. The van der Waals surface area contributed by atoms with E-state index in [-0.39, 0.29) is 17.4 Å². The first-order valence-corrected chi connectivity index (χ1v) is 9.79. The van der Waals surface area contributed by atoms with Gasteiger partial charge in [-0.3, -0.25) is 4.79 Å². The number of fused-ring (bicyclic) bond motifs is 1. The topological polar surface area (TPSA) is 63.7 Å². The Hall–Kier alpha value is -1.08. The summed E-state index contributed by atoms with van der Waals surface area (Å²) < 4.78 is 30.1. The number of carbonyl (C=O) groups is 1. The first kappa shape index (κ1) is 15.8. The van der Waals surface area contributed by atoms with E-state index in [4.69, 9.17) is 4.74 Å². The Morgan fingerprint density at radius 1 is 1.41 bits per heavy atom. The fourth-order valence-corrected chi connectivity index (χ4v) is 5.07. The van der Waals surface area contributed by atoms with Crippen LogP contribution in [-0.4, -0.2) is 38.0 Å². The molecule has 0 aromatic heterocycles. The minimum absolute atomic E-state index is 0.0462. The van der Waals surface area contributed by atoms with Crippen molar-refractivity contribution in [2.24, 2.45) is 5.92 Å². The van der Waals surface area contributed by atoms with Crippen LogP contribution in [0.4, 0.5) is 5.69 Å². The molecule has 1 aromatic rings. The first-order valence-electron chi connectivity index (χ1n) is 7.17. The maximum atomic E-state index is 12.8. The summed E-state index contributed by atoms with van der Waals surface area (Å²) in [7, 11) is -3.08. The van der Waals surface area contributed by atoms with Gasteiger partial charge in [-0.1, -0.05) is 15.9 Å². The lowest BCUT2D eigenvalue weighted by atomic mass is 10.0. The van der Waals surface area contributed by atoms with Gasteiger partial charge in [-0.2, -0.15) is 0 Å². The van der Waals surface area contributed by atoms with Gasteiger partial charge in [-0.15, -0.1) is 0 Å². The van der Waals surface area contributed by atoms with E-state index >= 15 is 0 Å². The normalized spacial score (nSPS) is 25.4. The Bertz CT molecular complexity index is 729. The van der Waals surface area contributed by atoms with Gasteiger partial charge in [0.1, 0.15) is 11.4 Å². The van der Waals surface area contributed by atoms with Gasteiger partial charge in [0.15, 0.2) is 9.84 Å². The highest BCUT2D eigenvalue weighted by molar-refractivity contribution is 9.10. The van der Waals surface area contributed by atoms with Crippen LogP contribution < -0.4 is 9.64 Å². The van der Waals surface area contributed by atoms with Gasteiger partial charge in [0.2, 0.25) is 5.91 Å². The Balaban J connectivity index is 1.95. The van der Waals surface area contributed by atoms with Gasteiger partial charge in [0.05, 0.1) is 29.7 Å². The van der Waals surface area contributed by atoms with Crippen molar-refractivity contribution in [3.8, 4) is 5.75 Å². The molecule has 1 amide bonds. The van der Waals surface area contributed by atoms with Crippen molar-refractivity contribution in [3.63, 3.8) is 0 Å². The summed E-state index contributed by atoms with van der Waals surface area (Å²) in [6, 6.07) is 5.52. The Labute approximate surface area is 138 Å². The fourth-order valence-electron chi connectivity index (χ4n) is 3.00. The van der Waals surface area contributed by atoms with E-state index in [0.29, 0.717) is 24.4 Å². The third-order valence-electron chi connectivity index (χ3n) is 3.99. The Morgan fingerprint density at radius 3 is 2.77 bits per heavy atom. The molecule has 1 fully saturated rings. The second-order valence-electron chi connectivity index (χ2n) is 6.50. The molecule has 0 radical (unpaired) electrons. The standard InChI is InChI=1S/C15H18BrNO4S/c1-15(2)9-17(12-4-3-11(16)7-13(12)21-15)14(18)10-5-6-22(19,20)8-10/h3-4,7,10H,5-6,8-9H2,1-2H3. The summed E-state index contributed by atoms with van der Waals surface area (Å²) in [4.78, 5) is 14.5. The van der Waals surface area contributed by atoms with Crippen molar-refractivity contribution in [1.29, 1.82) is 0 Å². The molecule has 2 aliphatic heterocycles. The highest BCUT2D eigenvalue weighted by atomic mass is 79.9. The fraction of sp³-hybridized carbons (Fsp3) is 0.533. The first-order chi connectivity index (χ1) is 10.2. The van der Waals surface area contributed by atoms with Crippen LogP contribution in [0.25, 0.3) is 0 Å². The van der Waals surface area contributed by atoms with Crippen LogP contribution in [0.3, 0.4) is 0 Å². The molecule has 1 atom stereocenters. The SMILES string of the molecule is CC1(C)CN(C(=O)C2CCS(=O)(=O)C2)c2ccc(Br)cc2O1. The minimum atomic E-state index is -3.08. The number of carbonyl (C=O) groups excluding carboxylic acids is 1. The number of sulfone groups is 1. The molecule has 0 aliphatic carbocycles. The number of anilines is 1. The number of halogens is 1.